The third-order valence-electron chi connectivity index (χ3n) is 2.70. The number of piperazine rings is 1. The quantitative estimate of drug-likeness (QED) is 0.773. The third kappa shape index (κ3) is 2.84. The largest absolute Gasteiger partial charge is 0.290 e. The minimum Gasteiger partial charge on any atom is -0.290 e. The molecule has 1 aromatic heterocycles. The van der Waals surface area contributed by atoms with Crippen molar-refractivity contribution in [1.29, 1.82) is 0 Å². The summed E-state index contributed by atoms with van der Waals surface area (Å²) in [7, 11) is -3.45. The highest BCUT2D eigenvalue weighted by molar-refractivity contribution is 7.91. The van der Waals surface area contributed by atoms with Crippen LogP contribution in [-0.4, -0.2) is 55.3 Å². The van der Waals surface area contributed by atoms with Gasteiger partial charge in [0, 0.05) is 26.2 Å². The molecule has 1 saturated heterocycles. The maximum absolute atomic E-state index is 12.2. The summed E-state index contributed by atoms with van der Waals surface area (Å²) in [6, 6.07) is 0. The predicted molar refractivity (Wildman–Crippen MR) is 71.2 cm³/mol. The first-order chi connectivity index (χ1) is 8.54. The molecular weight excluding hydrogens is 294 g/mol. The van der Waals surface area contributed by atoms with Gasteiger partial charge in [-0.15, -0.1) is 6.42 Å². The Labute approximate surface area is 115 Å². The Kier molecular flexibility index (Phi) is 4.25. The lowest BCUT2D eigenvalue weighted by atomic mass is 10.4. The molecule has 0 aliphatic carbocycles. The number of terminal acetylenes is 1. The van der Waals surface area contributed by atoms with E-state index in [1.54, 1.807) is 0 Å². The van der Waals surface area contributed by atoms with Gasteiger partial charge in [-0.1, -0.05) is 28.9 Å². The standard InChI is InChI=1S/C10H12ClN3O2S2/c1-2-3-13-4-6-14(7-5-13)18(15,16)9-8-12-10(11)17-9/h1,8H,3-7H2. The number of sulfonamides is 1. The van der Waals surface area contributed by atoms with Crippen molar-refractivity contribution in [2.24, 2.45) is 0 Å². The number of halogens is 1. The van der Waals surface area contributed by atoms with Crippen molar-refractivity contribution in [2.75, 3.05) is 32.7 Å². The van der Waals surface area contributed by atoms with Crippen molar-refractivity contribution in [3.63, 3.8) is 0 Å². The van der Waals surface area contributed by atoms with Gasteiger partial charge in [-0.2, -0.15) is 4.31 Å². The smallest absolute Gasteiger partial charge is 0.254 e. The van der Waals surface area contributed by atoms with Gasteiger partial charge >= 0.3 is 0 Å². The summed E-state index contributed by atoms with van der Waals surface area (Å²) in [5.41, 5.74) is 0. The highest BCUT2D eigenvalue weighted by atomic mass is 35.5. The summed E-state index contributed by atoms with van der Waals surface area (Å²) >= 11 is 6.64. The van der Waals surface area contributed by atoms with Gasteiger partial charge in [0.1, 0.15) is 0 Å². The Balaban J connectivity index is 2.07. The first-order valence-corrected chi connectivity index (χ1v) is 7.95. The van der Waals surface area contributed by atoms with Crippen LogP contribution in [0.3, 0.4) is 0 Å². The molecule has 0 aromatic carbocycles. The second-order valence-corrected chi connectivity index (χ2v) is 7.59. The van der Waals surface area contributed by atoms with Crippen molar-refractivity contribution < 1.29 is 8.42 Å². The summed E-state index contributed by atoms with van der Waals surface area (Å²) in [6.07, 6.45) is 6.53. The molecular formula is C10H12ClN3O2S2. The van der Waals surface area contributed by atoms with Crippen LogP contribution in [0.5, 0.6) is 0 Å². The van der Waals surface area contributed by atoms with Crippen LogP contribution < -0.4 is 0 Å². The van der Waals surface area contributed by atoms with Crippen molar-refractivity contribution >= 4 is 33.0 Å². The Hall–Kier alpha value is -0.650. The molecule has 0 saturated carbocycles. The molecule has 1 aliphatic heterocycles. The van der Waals surface area contributed by atoms with Gasteiger partial charge in [0.2, 0.25) is 0 Å². The van der Waals surface area contributed by atoms with Crippen LogP contribution in [0.1, 0.15) is 0 Å². The van der Waals surface area contributed by atoms with E-state index < -0.39 is 10.0 Å². The van der Waals surface area contributed by atoms with E-state index in [0.717, 1.165) is 11.3 Å². The summed E-state index contributed by atoms with van der Waals surface area (Å²) in [4.78, 5) is 5.81. The first kappa shape index (κ1) is 13.8. The number of rotatable bonds is 3. The van der Waals surface area contributed by atoms with E-state index in [1.807, 2.05) is 4.90 Å². The average Bonchev–Trinajstić information content (AvgIpc) is 2.78. The van der Waals surface area contributed by atoms with Gasteiger partial charge < -0.3 is 0 Å². The molecule has 1 fully saturated rings. The monoisotopic (exact) mass is 305 g/mol. The molecule has 2 heterocycles. The fourth-order valence-electron chi connectivity index (χ4n) is 1.74. The van der Waals surface area contributed by atoms with Crippen LogP contribution in [0.2, 0.25) is 4.47 Å². The number of aromatic nitrogens is 1. The molecule has 98 valence electrons. The number of hydrogen-bond donors (Lipinski definition) is 0. The van der Waals surface area contributed by atoms with E-state index in [9.17, 15) is 8.42 Å². The lowest BCUT2D eigenvalue weighted by molar-refractivity contribution is 0.207. The van der Waals surface area contributed by atoms with Crippen LogP contribution in [0.15, 0.2) is 10.4 Å². The Morgan fingerprint density at radius 3 is 2.61 bits per heavy atom. The summed E-state index contributed by atoms with van der Waals surface area (Å²) in [5.74, 6) is 2.56. The zero-order chi connectivity index (χ0) is 13.2. The summed E-state index contributed by atoms with van der Waals surface area (Å²) < 4.78 is 26.4. The van der Waals surface area contributed by atoms with Crippen LogP contribution in [0.25, 0.3) is 0 Å². The average molecular weight is 306 g/mol. The van der Waals surface area contributed by atoms with Crippen LogP contribution in [0, 0.1) is 12.3 Å². The maximum atomic E-state index is 12.2. The highest BCUT2D eigenvalue weighted by Gasteiger charge is 2.29. The second kappa shape index (κ2) is 5.55. The van der Waals surface area contributed by atoms with Gasteiger partial charge in [0.05, 0.1) is 12.7 Å². The minimum absolute atomic E-state index is 0.192. The fraction of sp³-hybridized carbons (Fsp3) is 0.500. The van der Waals surface area contributed by atoms with E-state index in [4.69, 9.17) is 18.0 Å². The molecule has 0 N–H and O–H groups in total. The van der Waals surface area contributed by atoms with Gasteiger partial charge in [-0.3, -0.25) is 4.90 Å². The van der Waals surface area contributed by atoms with Gasteiger partial charge in [0.15, 0.2) is 8.68 Å². The third-order valence-corrected chi connectivity index (χ3v) is 6.15. The maximum Gasteiger partial charge on any atom is 0.254 e. The van der Waals surface area contributed by atoms with Crippen molar-refractivity contribution in [1.82, 2.24) is 14.2 Å². The zero-order valence-corrected chi connectivity index (χ0v) is 11.9. The van der Waals surface area contributed by atoms with Crippen LogP contribution in [-0.2, 0) is 10.0 Å². The molecule has 0 bridgehead atoms. The number of hydrogen-bond acceptors (Lipinski definition) is 5. The summed E-state index contributed by atoms with van der Waals surface area (Å²) in [5, 5.41) is 0. The molecule has 18 heavy (non-hydrogen) atoms. The Bertz CT molecular complexity index is 556. The van der Waals surface area contributed by atoms with Crippen molar-refractivity contribution in [3.05, 3.63) is 10.7 Å². The normalized spacial score (nSPS) is 18.7. The SMILES string of the molecule is C#CCN1CCN(S(=O)(=O)c2cnc(Cl)s2)CC1. The van der Waals surface area contributed by atoms with Crippen molar-refractivity contribution in [2.45, 2.75) is 4.21 Å². The van der Waals surface area contributed by atoms with E-state index in [0.29, 0.717) is 32.7 Å². The van der Waals surface area contributed by atoms with E-state index >= 15 is 0 Å². The van der Waals surface area contributed by atoms with E-state index in [1.165, 1.54) is 10.5 Å². The van der Waals surface area contributed by atoms with Gasteiger partial charge in [0.25, 0.3) is 10.0 Å². The molecule has 0 amide bonds. The lowest BCUT2D eigenvalue weighted by Crippen LogP contribution is -2.48. The molecule has 0 spiro atoms. The predicted octanol–water partition coefficient (Wildman–Crippen LogP) is 0.736. The summed E-state index contributed by atoms with van der Waals surface area (Å²) in [6.45, 7) is 2.74. The molecule has 0 radical (unpaired) electrons. The molecule has 1 aliphatic rings. The first-order valence-electron chi connectivity index (χ1n) is 5.31. The molecule has 2 rings (SSSR count). The van der Waals surface area contributed by atoms with E-state index in [2.05, 4.69) is 10.9 Å². The molecule has 0 unspecified atom stereocenters. The van der Waals surface area contributed by atoms with Gasteiger partial charge in [-0.25, -0.2) is 13.4 Å². The topological polar surface area (TPSA) is 53.5 Å². The van der Waals surface area contributed by atoms with E-state index in [-0.39, 0.29) is 8.68 Å². The Morgan fingerprint density at radius 2 is 2.11 bits per heavy atom. The molecule has 5 nitrogen and oxygen atoms in total. The molecule has 8 heteroatoms. The number of nitrogens with zero attached hydrogens (tertiary/aromatic N) is 3. The van der Waals surface area contributed by atoms with Crippen molar-refractivity contribution in [3.8, 4) is 12.3 Å². The number of thiazole rings is 1. The molecule has 0 atom stereocenters. The second-order valence-electron chi connectivity index (χ2n) is 3.82. The van der Waals surface area contributed by atoms with Crippen LogP contribution >= 0.6 is 22.9 Å². The Morgan fingerprint density at radius 1 is 1.44 bits per heavy atom. The van der Waals surface area contributed by atoms with Gasteiger partial charge in [-0.05, 0) is 0 Å². The zero-order valence-electron chi connectivity index (χ0n) is 9.54. The molecule has 1 aromatic rings. The highest BCUT2D eigenvalue weighted by Crippen LogP contribution is 2.26. The minimum atomic E-state index is -3.45. The van der Waals surface area contributed by atoms with Crippen LogP contribution in [0.4, 0.5) is 0 Å². The fourth-order valence-corrected chi connectivity index (χ4v) is 4.61. The lowest BCUT2D eigenvalue weighted by Gasteiger charge is -2.32.